The molecule has 190 valence electrons. The molecule has 1 aliphatic rings. The van der Waals surface area contributed by atoms with Crippen LogP contribution in [-0.4, -0.2) is 58.6 Å². The average molecular weight is 515 g/mol. The normalized spacial score (nSPS) is 14.9. The summed E-state index contributed by atoms with van der Waals surface area (Å²) in [5.74, 6) is -0.966. The minimum atomic E-state index is -0.831. The zero-order valence-corrected chi connectivity index (χ0v) is 20.8. The maximum absolute atomic E-state index is 14.2. The number of hydrogen-bond donors (Lipinski definition) is 1. The first-order valence-electron chi connectivity index (χ1n) is 11.7. The Balaban J connectivity index is 1.38. The highest BCUT2D eigenvalue weighted by Crippen LogP contribution is 2.33. The van der Waals surface area contributed by atoms with Gasteiger partial charge in [0.25, 0.3) is 0 Å². The maximum atomic E-state index is 14.2. The van der Waals surface area contributed by atoms with Crippen molar-refractivity contribution in [3.63, 3.8) is 0 Å². The second-order valence-electron chi connectivity index (χ2n) is 8.52. The Hall–Kier alpha value is -3.60. The SMILES string of the molecule is CCOC(=O)c1cc(-c2csc(C3CCN(C(=O)C(Cc4ccccc4F)NC(C)=O)CC3)n2)on1. The summed E-state index contributed by atoms with van der Waals surface area (Å²) in [4.78, 5) is 43.1. The van der Waals surface area contributed by atoms with Gasteiger partial charge in [-0.2, -0.15) is 0 Å². The molecule has 4 rings (SSSR count). The summed E-state index contributed by atoms with van der Waals surface area (Å²) in [6.07, 6.45) is 1.50. The van der Waals surface area contributed by atoms with Crippen LogP contribution < -0.4 is 5.32 Å². The summed E-state index contributed by atoms with van der Waals surface area (Å²) in [5.41, 5.74) is 1.07. The summed E-state index contributed by atoms with van der Waals surface area (Å²) < 4.78 is 24.3. The second-order valence-corrected chi connectivity index (χ2v) is 9.41. The molecule has 0 spiro atoms. The molecule has 0 saturated carbocycles. The summed E-state index contributed by atoms with van der Waals surface area (Å²) in [6.45, 7) is 4.31. The third-order valence-corrected chi connectivity index (χ3v) is 6.99. The molecule has 1 atom stereocenters. The lowest BCUT2D eigenvalue weighted by atomic mass is 9.96. The van der Waals surface area contributed by atoms with E-state index in [0.29, 0.717) is 42.9 Å². The van der Waals surface area contributed by atoms with Gasteiger partial charge in [-0.3, -0.25) is 9.59 Å². The number of hydrogen-bond acceptors (Lipinski definition) is 8. The first-order chi connectivity index (χ1) is 17.4. The molecule has 1 aromatic carbocycles. The average Bonchev–Trinajstić information content (AvgIpc) is 3.55. The van der Waals surface area contributed by atoms with Crippen LogP contribution in [-0.2, 0) is 20.7 Å². The predicted octanol–water partition coefficient (Wildman–Crippen LogP) is 3.57. The minimum absolute atomic E-state index is 0.0891. The molecule has 3 aromatic rings. The maximum Gasteiger partial charge on any atom is 0.360 e. The van der Waals surface area contributed by atoms with E-state index in [1.165, 1.54) is 30.4 Å². The van der Waals surface area contributed by atoms with Crippen LogP contribution in [0.2, 0.25) is 0 Å². The van der Waals surface area contributed by atoms with Crippen molar-refractivity contribution in [2.24, 2.45) is 0 Å². The Morgan fingerprint density at radius 3 is 2.72 bits per heavy atom. The minimum Gasteiger partial charge on any atom is -0.461 e. The van der Waals surface area contributed by atoms with Crippen LogP contribution in [0.4, 0.5) is 4.39 Å². The number of amides is 2. The van der Waals surface area contributed by atoms with Gasteiger partial charge in [0.15, 0.2) is 11.5 Å². The van der Waals surface area contributed by atoms with Gasteiger partial charge >= 0.3 is 5.97 Å². The third kappa shape index (κ3) is 5.96. The van der Waals surface area contributed by atoms with Crippen molar-refractivity contribution in [2.75, 3.05) is 19.7 Å². The van der Waals surface area contributed by atoms with Crippen molar-refractivity contribution in [2.45, 2.75) is 45.1 Å². The monoisotopic (exact) mass is 514 g/mol. The number of carbonyl (C=O) groups is 3. The second kappa shape index (κ2) is 11.4. The summed E-state index contributed by atoms with van der Waals surface area (Å²) in [7, 11) is 0. The lowest BCUT2D eigenvalue weighted by Gasteiger charge is -2.33. The van der Waals surface area contributed by atoms with Crippen molar-refractivity contribution in [1.29, 1.82) is 0 Å². The Kier molecular flexibility index (Phi) is 8.09. The van der Waals surface area contributed by atoms with Gasteiger partial charge in [0.05, 0.1) is 11.6 Å². The van der Waals surface area contributed by atoms with Gasteiger partial charge in [-0.1, -0.05) is 23.4 Å². The fourth-order valence-corrected chi connectivity index (χ4v) is 5.16. The number of esters is 1. The van der Waals surface area contributed by atoms with Gasteiger partial charge in [-0.25, -0.2) is 14.2 Å². The number of likely N-dealkylation sites (tertiary alicyclic amines) is 1. The van der Waals surface area contributed by atoms with Crippen LogP contribution in [0.5, 0.6) is 0 Å². The zero-order valence-electron chi connectivity index (χ0n) is 20.0. The van der Waals surface area contributed by atoms with Crippen LogP contribution in [0, 0.1) is 5.82 Å². The number of thiazole rings is 1. The van der Waals surface area contributed by atoms with Gasteiger partial charge in [0, 0.05) is 43.8 Å². The van der Waals surface area contributed by atoms with E-state index in [0.717, 1.165) is 5.01 Å². The molecule has 0 radical (unpaired) electrons. The number of ether oxygens (including phenoxy) is 1. The predicted molar refractivity (Wildman–Crippen MR) is 130 cm³/mol. The Bertz CT molecular complexity index is 1230. The molecule has 1 saturated heterocycles. The molecular formula is C25H27FN4O5S. The Labute approximate surface area is 211 Å². The summed E-state index contributed by atoms with van der Waals surface area (Å²) in [5, 5.41) is 9.19. The first kappa shape index (κ1) is 25.5. The quantitative estimate of drug-likeness (QED) is 0.457. The van der Waals surface area contributed by atoms with E-state index in [1.807, 2.05) is 5.38 Å². The van der Waals surface area contributed by atoms with E-state index in [4.69, 9.17) is 9.26 Å². The van der Waals surface area contributed by atoms with E-state index < -0.39 is 17.8 Å². The van der Waals surface area contributed by atoms with Gasteiger partial charge < -0.3 is 19.5 Å². The van der Waals surface area contributed by atoms with E-state index in [9.17, 15) is 18.8 Å². The topological polar surface area (TPSA) is 115 Å². The van der Waals surface area contributed by atoms with Gasteiger partial charge in [0.1, 0.15) is 17.6 Å². The van der Waals surface area contributed by atoms with Crippen LogP contribution in [0.15, 0.2) is 40.2 Å². The highest BCUT2D eigenvalue weighted by atomic mass is 32.1. The van der Waals surface area contributed by atoms with Crippen molar-refractivity contribution < 1.29 is 28.0 Å². The van der Waals surface area contributed by atoms with Gasteiger partial charge in [-0.05, 0) is 31.4 Å². The summed E-state index contributed by atoms with van der Waals surface area (Å²) in [6, 6.07) is 6.93. The standard InChI is InChI=1S/C25H27FN4O5S/c1-3-34-25(33)20-13-22(35-29-20)21-14-36-23(28-21)16-8-10-30(11-9-16)24(32)19(27-15(2)31)12-17-6-4-5-7-18(17)26/h4-7,13-14,16,19H,3,8-12H2,1-2H3,(H,27,31). The molecular weight excluding hydrogens is 487 g/mol. The number of nitrogens with one attached hydrogen (secondary N) is 1. The Morgan fingerprint density at radius 2 is 2.03 bits per heavy atom. The fourth-order valence-electron chi connectivity index (χ4n) is 4.18. The number of benzene rings is 1. The molecule has 1 N–H and O–H groups in total. The van der Waals surface area contributed by atoms with Crippen LogP contribution in [0.25, 0.3) is 11.5 Å². The smallest absolute Gasteiger partial charge is 0.360 e. The van der Waals surface area contributed by atoms with Crippen molar-refractivity contribution in [1.82, 2.24) is 20.4 Å². The fraction of sp³-hybridized carbons (Fsp3) is 0.400. The molecule has 36 heavy (non-hydrogen) atoms. The number of nitrogens with zero attached hydrogens (tertiary/aromatic N) is 3. The molecule has 1 unspecified atom stereocenters. The first-order valence-corrected chi connectivity index (χ1v) is 12.6. The van der Waals surface area contributed by atoms with Crippen molar-refractivity contribution in [3.05, 3.63) is 57.8 Å². The molecule has 9 nitrogen and oxygen atoms in total. The largest absolute Gasteiger partial charge is 0.461 e. The molecule has 0 bridgehead atoms. The Morgan fingerprint density at radius 1 is 1.28 bits per heavy atom. The number of rotatable bonds is 8. The number of halogens is 1. The lowest BCUT2D eigenvalue weighted by molar-refractivity contribution is -0.137. The summed E-state index contributed by atoms with van der Waals surface area (Å²) >= 11 is 1.49. The van der Waals surface area contributed by atoms with Crippen LogP contribution >= 0.6 is 11.3 Å². The molecule has 1 fully saturated rings. The van der Waals surface area contributed by atoms with Crippen molar-refractivity contribution >= 4 is 29.1 Å². The van der Waals surface area contributed by atoms with Crippen molar-refractivity contribution in [3.8, 4) is 11.5 Å². The third-order valence-electron chi connectivity index (χ3n) is 5.98. The number of aromatic nitrogens is 2. The zero-order chi connectivity index (χ0) is 25.7. The molecule has 1 aliphatic heterocycles. The van der Waals surface area contributed by atoms with Gasteiger partial charge in [0.2, 0.25) is 11.8 Å². The van der Waals surface area contributed by atoms with Crippen LogP contribution in [0.1, 0.15) is 53.7 Å². The molecule has 11 heteroatoms. The van der Waals surface area contributed by atoms with E-state index >= 15 is 0 Å². The van der Waals surface area contributed by atoms with E-state index in [1.54, 1.807) is 30.0 Å². The molecule has 2 amide bonds. The van der Waals surface area contributed by atoms with Gasteiger partial charge in [-0.15, -0.1) is 11.3 Å². The number of piperidine rings is 1. The van der Waals surface area contributed by atoms with E-state index in [-0.39, 0.29) is 36.5 Å². The van der Waals surface area contributed by atoms with Crippen LogP contribution in [0.3, 0.4) is 0 Å². The molecule has 2 aromatic heterocycles. The molecule has 3 heterocycles. The highest BCUT2D eigenvalue weighted by molar-refractivity contribution is 7.10. The lowest BCUT2D eigenvalue weighted by Crippen LogP contribution is -2.51. The highest BCUT2D eigenvalue weighted by Gasteiger charge is 2.31. The molecule has 0 aliphatic carbocycles. The number of carbonyl (C=O) groups excluding carboxylic acids is 3. The van der Waals surface area contributed by atoms with E-state index in [2.05, 4.69) is 15.5 Å².